The van der Waals surface area contributed by atoms with Crippen LogP contribution in [0.2, 0.25) is 0 Å². The first-order chi connectivity index (χ1) is 11.6. The zero-order valence-electron chi connectivity index (χ0n) is 13.3. The Balaban J connectivity index is 1.60. The lowest BCUT2D eigenvalue weighted by Gasteiger charge is -2.34. The second kappa shape index (κ2) is 7.75. The molecule has 0 amide bonds. The number of esters is 1. The van der Waals surface area contributed by atoms with Gasteiger partial charge in [0, 0.05) is 18.9 Å². The summed E-state index contributed by atoms with van der Waals surface area (Å²) in [5.74, 6) is -0.456. The van der Waals surface area contributed by atoms with Crippen LogP contribution < -0.4 is 0 Å². The molecule has 0 spiro atoms. The number of carbonyl (C=O) groups excluding carboxylic acids is 1. The van der Waals surface area contributed by atoms with Crippen molar-refractivity contribution in [2.45, 2.75) is 49.8 Å². The summed E-state index contributed by atoms with van der Waals surface area (Å²) in [6.45, 7) is 0. The van der Waals surface area contributed by atoms with E-state index in [1.54, 1.807) is 0 Å². The van der Waals surface area contributed by atoms with Crippen LogP contribution in [0.4, 0.5) is 0 Å². The Bertz CT molecular complexity index is 609. The Kier molecular flexibility index (Phi) is 5.45. The predicted molar refractivity (Wildman–Crippen MR) is 89.0 cm³/mol. The number of carbonyl (C=O) groups is 1. The van der Waals surface area contributed by atoms with Gasteiger partial charge in [-0.1, -0.05) is 42.5 Å². The fourth-order valence-corrected chi connectivity index (χ4v) is 3.09. The van der Waals surface area contributed by atoms with Crippen molar-refractivity contribution in [3.63, 3.8) is 0 Å². The third-order valence-corrected chi connectivity index (χ3v) is 4.28. The van der Waals surface area contributed by atoms with Crippen molar-refractivity contribution < 1.29 is 24.5 Å². The first kappa shape index (κ1) is 16.9. The number of aliphatic hydroxyl groups is 2. The van der Waals surface area contributed by atoms with Crippen molar-refractivity contribution in [1.82, 2.24) is 0 Å². The summed E-state index contributed by atoms with van der Waals surface area (Å²) in [4.78, 5) is 11.3. The first-order valence-corrected chi connectivity index (χ1v) is 8.24. The van der Waals surface area contributed by atoms with Gasteiger partial charge in [-0.25, -0.2) is 4.79 Å². The molecule has 1 fully saturated rings. The summed E-state index contributed by atoms with van der Waals surface area (Å²) in [6, 6.07) is 9.88. The van der Waals surface area contributed by atoms with Gasteiger partial charge >= 0.3 is 5.97 Å². The fraction of sp³-hybridized carbons (Fsp3) is 0.421. The quantitative estimate of drug-likeness (QED) is 0.824. The minimum atomic E-state index is -0.830. The molecule has 0 bridgehead atoms. The van der Waals surface area contributed by atoms with E-state index >= 15 is 0 Å². The smallest absolute Gasteiger partial charge is 0.330 e. The van der Waals surface area contributed by atoms with Crippen molar-refractivity contribution in [1.29, 1.82) is 0 Å². The summed E-state index contributed by atoms with van der Waals surface area (Å²) in [5, 5.41) is 20.0. The number of hydrogen-bond acceptors (Lipinski definition) is 5. The molecule has 2 aliphatic heterocycles. The molecule has 2 heterocycles. The lowest BCUT2D eigenvalue weighted by Crippen LogP contribution is -2.41. The molecule has 0 aromatic heterocycles. The SMILES string of the molecule is O=C1C=C[C@@H](O)[C@@H](C[C@@H]2C[C@H](O)C[C@@H](/C=C/c3ccccc3)O2)O1. The molecule has 1 saturated heterocycles. The van der Waals surface area contributed by atoms with Gasteiger partial charge in [0.2, 0.25) is 0 Å². The lowest BCUT2D eigenvalue weighted by molar-refractivity contribution is -0.155. The highest BCUT2D eigenvalue weighted by Gasteiger charge is 2.33. The van der Waals surface area contributed by atoms with Crippen LogP contribution in [-0.2, 0) is 14.3 Å². The van der Waals surface area contributed by atoms with E-state index < -0.39 is 24.3 Å². The second-order valence-corrected chi connectivity index (χ2v) is 6.25. The maximum atomic E-state index is 11.3. The van der Waals surface area contributed by atoms with E-state index in [-0.39, 0.29) is 12.2 Å². The van der Waals surface area contributed by atoms with Gasteiger partial charge < -0.3 is 19.7 Å². The van der Waals surface area contributed by atoms with Gasteiger partial charge in [0.25, 0.3) is 0 Å². The molecule has 2 aliphatic rings. The minimum absolute atomic E-state index is 0.203. The molecular weight excluding hydrogens is 308 g/mol. The summed E-state index contributed by atoms with van der Waals surface area (Å²) >= 11 is 0. The number of hydrogen-bond donors (Lipinski definition) is 2. The Morgan fingerprint density at radius 1 is 1.17 bits per heavy atom. The van der Waals surface area contributed by atoms with Crippen LogP contribution in [0.1, 0.15) is 24.8 Å². The van der Waals surface area contributed by atoms with Gasteiger partial charge in [-0.05, 0) is 18.1 Å². The third-order valence-electron chi connectivity index (χ3n) is 4.28. The average Bonchev–Trinajstić information content (AvgIpc) is 2.57. The molecule has 2 N–H and O–H groups in total. The Hall–Kier alpha value is -1.95. The van der Waals surface area contributed by atoms with Gasteiger partial charge in [0.1, 0.15) is 12.2 Å². The van der Waals surface area contributed by atoms with Crippen molar-refractivity contribution in [3.05, 3.63) is 54.1 Å². The number of cyclic esters (lactones) is 1. The maximum absolute atomic E-state index is 11.3. The molecule has 5 heteroatoms. The predicted octanol–water partition coefficient (Wildman–Crippen LogP) is 1.84. The molecule has 1 aromatic rings. The topological polar surface area (TPSA) is 76.0 Å². The molecule has 1 aromatic carbocycles. The monoisotopic (exact) mass is 330 g/mol. The maximum Gasteiger partial charge on any atom is 0.330 e. The van der Waals surface area contributed by atoms with Crippen LogP contribution in [0.25, 0.3) is 6.08 Å². The Morgan fingerprint density at radius 3 is 2.75 bits per heavy atom. The summed E-state index contributed by atoms with van der Waals surface area (Å²) in [7, 11) is 0. The van der Waals surface area contributed by atoms with E-state index in [1.807, 2.05) is 42.5 Å². The van der Waals surface area contributed by atoms with Gasteiger partial charge in [0.05, 0.1) is 18.3 Å². The van der Waals surface area contributed by atoms with E-state index in [4.69, 9.17) is 9.47 Å². The number of benzene rings is 1. The van der Waals surface area contributed by atoms with Gasteiger partial charge in [-0.15, -0.1) is 0 Å². The third kappa shape index (κ3) is 4.54. The van der Waals surface area contributed by atoms with Crippen molar-refractivity contribution >= 4 is 12.0 Å². The molecule has 24 heavy (non-hydrogen) atoms. The Morgan fingerprint density at radius 2 is 1.96 bits per heavy atom. The molecule has 0 unspecified atom stereocenters. The molecule has 0 radical (unpaired) electrons. The average molecular weight is 330 g/mol. The van der Waals surface area contributed by atoms with Crippen LogP contribution in [0.3, 0.4) is 0 Å². The molecule has 5 nitrogen and oxygen atoms in total. The number of aliphatic hydroxyl groups excluding tert-OH is 2. The van der Waals surface area contributed by atoms with Crippen molar-refractivity contribution in [2.24, 2.45) is 0 Å². The van der Waals surface area contributed by atoms with E-state index in [9.17, 15) is 15.0 Å². The number of ether oxygens (including phenoxy) is 2. The number of rotatable bonds is 4. The van der Waals surface area contributed by atoms with E-state index in [2.05, 4.69) is 0 Å². The highest BCUT2D eigenvalue weighted by Crippen LogP contribution is 2.26. The van der Waals surface area contributed by atoms with Gasteiger partial charge in [0.15, 0.2) is 0 Å². The normalized spacial score (nSPS) is 33.6. The zero-order valence-corrected chi connectivity index (χ0v) is 13.3. The minimum Gasteiger partial charge on any atom is -0.456 e. The highest BCUT2D eigenvalue weighted by atomic mass is 16.6. The van der Waals surface area contributed by atoms with Gasteiger partial charge in [-0.3, -0.25) is 0 Å². The molecule has 0 aliphatic carbocycles. The Labute approximate surface area is 141 Å². The molecule has 0 saturated carbocycles. The molecule has 128 valence electrons. The highest BCUT2D eigenvalue weighted by molar-refractivity contribution is 5.83. The van der Waals surface area contributed by atoms with Crippen molar-refractivity contribution in [3.8, 4) is 0 Å². The van der Waals surface area contributed by atoms with Gasteiger partial charge in [-0.2, -0.15) is 0 Å². The molecular formula is C19H22O5. The summed E-state index contributed by atoms with van der Waals surface area (Å²) in [6.07, 6.45) is 5.54. The fourth-order valence-electron chi connectivity index (χ4n) is 3.09. The first-order valence-electron chi connectivity index (χ1n) is 8.24. The molecule has 3 rings (SSSR count). The summed E-state index contributed by atoms with van der Waals surface area (Å²) in [5.41, 5.74) is 1.07. The molecule has 5 atom stereocenters. The standard InChI is InChI=1S/C19H22O5/c20-14-10-15(7-6-13-4-2-1-3-5-13)23-16(11-14)12-18-17(21)8-9-19(22)24-18/h1-9,14-18,20-21H,10-12H2/b7-6+/t14-,15-,16+,17-,18-/m1/s1. The van der Waals surface area contributed by atoms with Crippen LogP contribution in [0, 0.1) is 0 Å². The lowest BCUT2D eigenvalue weighted by atomic mass is 9.94. The zero-order chi connectivity index (χ0) is 16.9. The van der Waals surface area contributed by atoms with E-state index in [0.29, 0.717) is 19.3 Å². The van der Waals surface area contributed by atoms with Crippen LogP contribution >= 0.6 is 0 Å². The van der Waals surface area contributed by atoms with Crippen LogP contribution in [0.15, 0.2) is 48.6 Å². The van der Waals surface area contributed by atoms with Crippen molar-refractivity contribution in [2.75, 3.05) is 0 Å². The van der Waals surface area contributed by atoms with E-state index in [0.717, 1.165) is 5.56 Å². The summed E-state index contributed by atoms with van der Waals surface area (Å²) < 4.78 is 11.1. The second-order valence-electron chi connectivity index (χ2n) is 6.25. The van der Waals surface area contributed by atoms with Crippen LogP contribution in [-0.4, -0.2) is 46.7 Å². The largest absolute Gasteiger partial charge is 0.456 e. The van der Waals surface area contributed by atoms with Crippen LogP contribution in [0.5, 0.6) is 0 Å². The van der Waals surface area contributed by atoms with E-state index in [1.165, 1.54) is 12.2 Å².